The van der Waals surface area contributed by atoms with E-state index in [9.17, 15) is 19.5 Å². The Morgan fingerprint density at radius 2 is 0.711 bits per heavy atom. The van der Waals surface area contributed by atoms with Crippen LogP contribution in [0, 0.1) is 0 Å². The Morgan fingerprint density at radius 1 is 0.395 bits per heavy atom. The van der Waals surface area contributed by atoms with Gasteiger partial charge in [0.25, 0.3) is 6.29 Å². The molecule has 9 heteroatoms. The molecule has 2 atom stereocenters. The molecule has 0 aliphatic carbocycles. The van der Waals surface area contributed by atoms with E-state index in [4.69, 9.17) is 18.9 Å². The fourth-order valence-corrected chi connectivity index (χ4v) is 9.31. The predicted molar refractivity (Wildman–Crippen MR) is 323 cm³/mol. The van der Waals surface area contributed by atoms with Crippen molar-refractivity contribution in [2.24, 2.45) is 0 Å². The lowest BCUT2D eigenvalue weighted by molar-refractivity contribution is -0.870. The minimum absolute atomic E-state index is 0.183. The highest BCUT2D eigenvalue weighted by atomic mass is 16.7. The fraction of sp³-hybridized carbons (Fsp3) is 0.836. The molecule has 444 valence electrons. The van der Waals surface area contributed by atoms with Gasteiger partial charge in [0.05, 0.1) is 34.4 Å². The third-order valence-corrected chi connectivity index (χ3v) is 14.3. The van der Waals surface area contributed by atoms with Crippen molar-refractivity contribution < 1.29 is 42.9 Å². The number of carboxylic acid groups (broad SMARTS) is 1. The van der Waals surface area contributed by atoms with Crippen LogP contribution in [0.5, 0.6) is 0 Å². The van der Waals surface area contributed by atoms with Crippen molar-refractivity contribution in [3.8, 4) is 0 Å². The lowest BCUT2D eigenvalue weighted by Gasteiger charge is -2.25. The number of allylic oxidation sites excluding steroid dienone is 8. The fourth-order valence-electron chi connectivity index (χ4n) is 9.31. The highest BCUT2D eigenvalue weighted by Crippen LogP contribution is 2.18. The number of aliphatic carboxylic acids is 1. The zero-order chi connectivity index (χ0) is 55.5. The number of hydrogen-bond acceptors (Lipinski definition) is 7. The van der Waals surface area contributed by atoms with E-state index in [1.54, 1.807) is 0 Å². The molecule has 0 spiro atoms. The first kappa shape index (κ1) is 73.2. The van der Waals surface area contributed by atoms with Gasteiger partial charge in [0, 0.05) is 12.8 Å². The molecule has 0 radical (unpaired) electrons. The van der Waals surface area contributed by atoms with Gasteiger partial charge in [-0.2, -0.15) is 0 Å². The molecule has 9 nitrogen and oxygen atoms in total. The zero-order valence-electron chi connectivity index (χ0n) is 50.7. The van der Waals surface area contributed by atoms with Gasteiger partial charge in [-0.15, -0.1) is 0 Å². The largest absolute Gasteiger partial charge is 0.477 e. The lowest BCUT2D eigenvalue weighted by Crippen LogP contribution is -2.40. The van der Waals surface area contributed by atoms with Crippen molar-refractivity contribution in [3.63, 3.8) is 0 Å². The van der Waals surface area contributed by atoms with E-state index in [-0.39, 0.29) is 32.2 Å². The van der Waals surface area contributed by atoms with Crippen LogP contribution >= 0.6 is 0 Å². The Morgan fingerprint density at radius 3 is 1.09 bits per heavy atom. The normalized spacial score (nSPS) is 13.0. The molecule has 0 aromatic rings. The van der Waals surface area contributed by atoms with Gasteiger partial charge in [-0.1, -0.05) is 262 Å². The first-order valence-electron chi connectivity index (χ1n) is 32.3. The number of carbonyl (C=O) groups excluding carboxylic acids is 2. The number of carbonyl (C=O) groups is 3. The molecule has 0 amide bonds. The maximum atomic E-state index is 12.9. The summed E-state index contributed by atoms with van der Waals surface area (Å²) in [5.41, 5.74) is 0. The molecule has 0 aliphatic rings. The summed E-state index contributed by atoms with van der Waals surface area (Å²) in [4.78, 5) is 37.3. The molecule has 1 N–H and O–H groups in total. The minimum Gasteiger partial charge on any atom is -0.477 e. The Balaban J connectivity index is 3.92. The van der Waals surface area contributed by atoms with Gasteiger partial charge in [-0.3, -0.25) is 9.59 Å². The molecule has 0 saturated carbocycles. The van der Waals surface area contributed by atoms with Crippen molar-refractivity contribution in [1.82, 2.24) is 0 Å². The number of likely N-dealkylation sites (N-methyl/N-ethyl adjacent to an activating group) is 1. The number of hydrogen-bond donors (Lipinski definition) is 1. The van der Waals surface area contributed by atoms with Crippen LogP contribution < -0.4 is 0 Å². The maximum Gasteiger partial charge on any atom is 0.361 e. The number of rotatable bonds is 60. The highest BCUT2D eigenvalue weighted by molar-refractivity contribution is 5.71. The molecule has 0 aromatic heterocycles. The SMILES string of the molecule is CCCCC/C=C\CCCCCCCC(=O)OCC(COC(OCC[N+](C)(C)C)C(=O)O)OC(=O)CCCCCCCCCCCCCCCCCCCCCCCCCC/C=C\C/C=C\C/C=C\CCCCCCC. The van der Waals surface area contributed by atoms with E-state index in [0.29, 0.717) is 17.4 Å². The van der Waals surface area contributed by atoms with E-state index >= 15 is 0 Å². The zero-order valence-corrected chi connectivity index (χ0v) is 50.7. The first-order valence-corrected chi connectivity index (χ1v) is 32.3. The summed E-state index contributed by atoms with van der Waals surface area (Å²) >= 11 is 0. The van der Waals surface area contributed by atoms with Crippen molar-refractivity contribution in [2.75, 3.05) is 47.5 Å². The van der Waals surface area contributed by atoms with E-state index in [2.05, 4.69) is 62.5 Å². The van der Waals surface area contributed by atoms with E-state index in [1.165, 1.54) is 205 Å². The lowest BCUT2D eigenvalue weighted by atomic mass is 10.0. The minimum atomic E-state index is -1.51. The Hall–Kier alpha value is -2.75. The summed E-state index contributed by atoms with van der Waals surface area (Å²) in [6.45, 7) is 4.86. The second kappa shape index (κ2) is 58.4. The van der Waals surface area contributed by atoms with Gasteiger partial charge in [0.2, 0.25) is 0 Å². The predicted octanol–water partition coefficient (Wildman–Crippen LogP) is 19.4. The van der Waals surface area contributed by atoms with Crippen LogP contribution in [0.25, 0.3) is 0 Å². The van der Waals surface area contributed by atoms with Crippen LogP contribution in [0.2, 0.25) is 0 Å². The van der Waals surface area contributed by atoms with Crippen molar-refractivity contribution in [3.05, 3.63) is 48.6 Å². The van der Waals surface area contributed by atoms with Gasteiger partial charge >= 0.3 is 17.9 Å². The molecule has 76 heavy (non-hydrogen) atoms. The quantitative estimate of drug-likeness (QED) is 0.0211. The number of carboxylic acids is 1. The van der Waals surface area contributed by atoms with Crippen molar-refractivity contribution in [2.45, 2.75) is 315 Å². The molecule has 0 bridgehead atoms. The Labute approximate surface area is 470 Å². The standard InChI is InChI=1S/C67H123NO8/c1-6-8-10-12-14-16-18-20-21-22-23-24-25-26-27-28-29-30-31-32-33-34-35-36-37-38-39-40-41-42-43-44-45-46-48-50-52-54-56-58-65(70)76-63(62-75-67(66(71)72)73-60-59-68(3,4)5)61-74-64(69)57-55-53-51-49-47-19-17-15-13-11-9-7-2/h15,17-18,20,22-23,25-26,63,67H,6-14,16,19,21,24,27-62H2,1-5H3/p+1/b17-15-,20-18-,23-22-,26-25-. The summed E-state index contributed by atoms with van der Waals surface area (Å²) in [5.74, 6) is -2.00. The monoisotopic (exact) mass is 1070 g/mol. The molecule has 2 unspecified atom stereocenters. The summed E-state index contributed by atoms with van der Waals surface area (Å²) in [5, 5.41) is 9.69. The van der Waals surface area contributed by atoms with Gasteiger partial charge in [0.1, 0.15) is 13.2 Å². The van der Waals surface area contributed by atoms with Gasteiger partial charge < -0.3 is 28.5 Å². The molecule has 0 aliphatic heterocycles. The number of esters is 2. The second-order valence-corrected chi connectivity index (χ2v) is 23.1. The molecular weight excluding hydrogens is 947 g/mol. The molecule has 0 fully saturated rings. The highest BCUT2D eigenvalue weighted by Gasteiger charge is 2.25. The van der Waals surface area contributed by atoms with Crippen LogP contribution in [0.3, 0.4) is 0 Å². The van der Waals surface area contributed by atoms with Crippen molar-refractivity contribution in [1.29, 1.82) is 0 Å². The van der Waals surface area contributed by atoms with Gasteiger partial charge in [-0.25, -0.2) is 4.79 Å². The van der Waals surface area contributed by atoms with Crippen molar-refractivity contribution >= 4 is 17.9 Å². The third kappa shape index (κ3) is 58.9. The number of nitrogens with zero attached hydrogens (tertiary/aromatic N) is 1. The van der Waals surface area contributed by atoms with Crippen LogP contribution in [-0.4, -0.2) is 87.4 Å². The topological polar surface area (TPSA) is 108 Å². The smallest absolute Gasteiger partial charge is 0.361 e. The summed E-state index contributed by atoms with van der Waals surface area (Å²) in [6, 6.07) is 0. The molecule has 0 rings (SSSR count). The maximum absolute atomic E-state index is 12.9. The van der Waals surface area contributed by atoms with Gasteiger partial charge in [0.15, 0.2) is 6.10 Å². The summed E-state index contributed by atoms with van der Waals surface area (Å²) in [7, 11) is 5.97. The summed E-state index contributed by atoms with van der Waals surface area (Å²) in [6.07, 6.45) is 71.0. The van der Waals surface area contributed by atoms with Crippen LogP contribution in [0.15, 0.2) is 48.6 Å². The molecule has 0 heterocycles. The number of unbranched alkanes of at least 4 members (excludes halogenated alkanes) is 37. The van der Waals surface area contributed by atoms with E-state index < -0.39 is 24.3 Å². The summed E-state index contributed by atoms with van der Waals surface area (Å²) < 4.78 is 22.9. The Bertz CT molecular complexity index is 1380. The number of quaternary nitrogens is 1. The second-order valence-electron chi connectivity index (χ2n) is 23.1. The van der Waals surface area contributed by atoms with Crippen LogP contribution in [0.4, 0.5) is 0 Å². The number of ether oxygens (including phenoxy) is 4. The average molecular weight is 1070 g/mol. The van der Waals surface area contributed by atoms with E-state index in [1.807, 2.05) is 21.1 Å². The average Bonchev–Trinajstić information content (AvgIpc) is 3.39. The van der Waals surface area contributed by atoms with Crippen LogP contribution in [-0.2, 0) is 33.3 Å². The molecule has 0 aromatic carbocycles. The third-order valence-electron chi connectivity index (χ3n) is 14.3. The van der Waals surface area contributed by atoms with Crippen LogP contribution in [0.1, 0.15) is 303 Å². The Kier molecular flexibility index (Phi) is 56.3. The van der Waals surface area contributed by atoms with Gasteiger partial charge in [-0.05, 0) is 77.0 Å². The first-order chi connectivity index (χ1) is 37.1. The van der Waals surface area contributed by atoms with E-state index in [0.717, 1.165) is 70.6 Å². The molecular formula is C67H124NO8+. The molecule has 0 saturated heterocycles.